The predicted molar refractivity (Wildman–Crippen MR) is 120 cm³/mol. The molecule has 1 aromatic carbocycles. The van der Waals surface area contributed by atoms with Crippen LogP contribution in [-0.2, 0) is 0 Å². The summed E-state index contributed by atoms with van der Waals surface area (Å²) in [5.74, 6) is 1.11. The minimum atomic E-state index is -0.193. The van der Waals surface area contributed by atoms with Gasteiger partial charge < -0.3 is 19.1 Å². The second-order valence-electron chi connectivity index (χ2n) is 8.51. The van der Waals surface area contributed by atoms with Crippen LogP contribution in [-0.4, -0.2) is 61.1 Å². The Bertz CT molecular complexity index is 943. The van der Waals surface area contributed by atoms with Gasteiger partial charge in [0.1, 0.15) is 11.3 Å². The van der Waals surface area contributed by atoms with Crippen molar-refractivity contribution in [1.82, 2.24) is 14.4 Å². The van der Waals surface area contributed by atoms with Crippen molar-refractivity contribution in [2.75, 3.05) is 40.8 Å². The SMILES string of the molecule is COc1ccccc1C1CCN(C(=O)c2c(C)ccn(C(C)CN(C)C)c2=O)CC1. The van der Waals surface area contributed by atoms with Crippen LogP contribution in [0, 0.1) is 6.92 Å². The van der Waals surface area contributed by atoms with Gasteiger partial charge in [-0.05, 0) is 70.0 Å². The molecule has 1 amide bonds. The van der Waals surface area contributed by atoms with Crippen LogP contribution in [0.1, 0.15) is 53.2 Å². The van der Waals surface area contributed by atoms with E-state index in [9.17, 15) is 9.59 Å². The molecule has 1 unspecified atom stereocenters. The highest BCUT2D eigenvalue weighted by Crippen LogP contribution is 2.34. The molecule has 1 atom stereocenters. The van der Waals surface area contributed by atoms with Gasteiger partial charge in [-0.25, -0.2) is 0 Å². The monoisotopic (exact) mass is 411 g/mol. The van der Waals surface area contributed by atoms with Crippen molar-refractivity contribution >= 4 is 5.91 Å². The van der Waals surface area contributed by atoms with E-state index in [-0.39, 0.29) is 17.5 Å². The van der Waals surface area contributed by atoms with Crippen LogP contribution >= 0.6 is 0 Å². The average molecular weight is 412 g/mol. The lowest BCUT2D eigenvalue weighted by Gasteiger charge is -2.33. The molecule has 1 aromatic heterocycles. The van der Waals surface area contributed by atoms with Gasteiger partial charge in [0.25, 0.3) is 11.5 Å². The highest BCUT2D eigenvalue weighted by atomic mass is 16.5. The highest BCUT2D eigenvalue weighted by Gasteiger charge is 2.28. The minimum absolute atomic E-state index is 0.00377. The molecule has 0 radical (unpaired) electrons. The Labute approximate surface area is 179 Å². The second-order valence-corrected chi connectivity index (χ2v) is 8.51. The summed E-state index contributed by atoms with van der Waals surface area (Å²) < 4.78 is 7.19. The van der Waals surface area contributed by atoms with Crippen molar-refractivity contribution in [3.8, 4) is 5.75 Å². The van der Waals surface area contributed by atoms with E-state index in [4.69, 9.17) is 4.74 Å². The van der Waals surface area contributed by atoms with Gasteiger partial charge in [-0.3, -0.25) is 9.59 Å². The zero-order valence-electron chi connectivity index (χ0n) is 18.7. The molecule has 30 heavy (non-hydrogen) atoms. The summed E-state index contributed by atoms with van der Waals surface area (Å²) in [6.07, 6.45) is 3.53. The van der Waals surface area contributed by atoms with Crippen LogP contribution in [0.5, 0.6) is 5.75 Å². The summed E-state index contributed by atoms with van der Waals surface area (Å²) in [7, 11) is 5.65. The summed E-state index contributed by atoms with van der Waals surface area (Å²) in [5.41, 5.74) is 2.05. The molecule has 1 saturated heterocycles. The predicted octanol–water partition coefficient (Wildman–Crippen LogP) is 3.31. The summed E-state index contributed by atoms with van der Waals surface area (Å²) >= 11 is 0. The number of likely N-dealkylation sites (tertiary alicyclic amines) is 1. The third kappa shape index (κ3) is 4.59. The van der Waals surface area contributed by atoms with Crippen LogP contribution in [0.4, 0.5) is 0 Å². The molecule has 0 bridgehead atoms. The topological polar surface area (TPSA) is 54.8 Å². The number of piperidine rings is 1. The number of hydrogen-bond acceptors (Lipinski definition) is 4. The molecule has 1 aliphatic rings. The van der Waals surface area contributed by atoms with Gasteiger partial charge in [0.15, 0.2) is 0 Å². The molecule has 2 aromatic rings. The van der Waals surface area contributed by atoms with Gasteiger partial charge in [-0.15, -0.1) is 0 Å². The first-order chi connectivity index (χ1) is 14.3. The quantitative estimate of drug-likeness (QED) is 0.732. The van der Waals surface area contributed by atoms with E-state index >= 15 is 0 Å². The van der Waals surface area contributed by atoms with Crippen LogP contribution in [0.25, 0.3) is 0 Å². The first kappa shape index (κ1) is 22.1. The molecule has 6 nitrogen and oxygen atoms in total. The van der Waals surface area contributed by atoms with Crippen LogP contribution in [0.15, 0.2) is 41.3 Å². The molecule has 162 valence electrons. The van der Waals surface area contributed by atoms with Crippen molar-refractivity contribution in [3.05, 3.63) is 63.6 Å². The first-order valence-electron chi connectivity index (χ1n) is 10.6. The zero-order chi connectivity index (χ0) is 21.8. The minimum Gasteiger partial charge on any atom is -0.496 e. The Hall–Kier alpha value is -2.60. The molecule has 6 heteroatoms. The molecule has 1 fully saturated rings. The van der Waals surface area contributed by atoms with E-state index in [1.54, 1.807) is 17.9 Å². The van der Waals surface area contributed by atoms with Gasteiger partial charge >= 0.3 is 0 Å². The van der Waals surface area contributed by atoms with E-state index in [1.807, 2.05) is 62.0 Å². The Morgan fingerprint density at radius 1 is 1.20 bits per heavy atom. The van der Waals surface area contributed by atoms with Crippen molar-refractivity contribution in [3.63, 3.8) is 0 Å². The summed E-state index contributed by atoms with van der Waals surface area (Å²) in [6, 6.07) is 9.96. The normalized spacial score (nSPS) is 16.0. The summed E-state index contributed by atoms with van der Waals surface area (Å²) in [5, 5.41) is 0. The largest absolute Gasteiger partial charge is 0.496 e. The Morgan fingerprint density at radius 3 is 2.50 bits per heavy atom. The average Bonchev–Trinajstić information content (AvgIpc) is 2.73. The van der Waals surface area contributed by atoms with E-state index in [0.29, 0.717) is 24.6 Å². The fourth-order valence-corrected chi connectivity index (χ4v) is 4.42. The molecule has 0 saturated carbocycles. The molecule has 3 rings (SSSR count). The molecule has 0 N–H and O–H groups in total. The number of aryl methyl sites for hydroxylation is 1. The number of likely N-dealkylation sites (N-methyl/N-ethyl adjacent to an activating group) is 1. The number of nitrogens with zero attached hydrogens (tertiary/aromatic N) is 3. The number of para-hydroxylation sites is 1. The first-order valence-corrected chi connectivity index (χ1v) is 10.6. The van der Waals surface area contributed by atoms with Crippen molar-refractivity contribution in [2.45, 2.75) is 38.6 Å². The molecule has 0 spiro atoms. The van der Waals surface area contributed by atoms with Crippen molar-refractivity contribution in [1.29, 1.82) is 0 Å². The number of aromatic nitrogens is 1. The highest BCUT2D eigenvalue weighted by molar-refractivity contribution is 5.95. The van der Waals surface area contributed by atoms with E-state index in [1.165, 1.54) is 5.56 Å². The van der Waals surface area contributed by atoms with Gasteiger partial charge in [0.2, 0.25) is 0 Å². The third-order valence-corrected chi connectivity index (χ3v) is 6.01. The van der Waals surface area contributed by atoms with E-state index in [0.717, 1.165) is 30.7 Å². The van der Waals surface area contributed by atoms with Gasteiger partial charge in [-0.2, -0.15) is 0 Å². The molecule has 2 heterocycles. The van der Waals surface area contributed by atoms with Gasteiger partial charge in [0, 0.05) is 31.9 Å². The van der Waals surface area contributed by atoms with Crippen molar-refractivity contribution in [2.24, 2.45) is 0 Å². The van der Waals surface area contributed by atoms with Gasteiger partial charge in [-0.1, -0.05) is 18.2 Å². The smallest absolute Gasteiger partial charge is 0.263 e. The third-order valence-electron chi connectivity index (χ3n) is 6.01. The number of hydrogen-bond donors (Lipinski definition) is 0. The summed E-state index contributed by atoms with van der Waals surface area (Å²) in [6.45, 7) is 5.87. The van der Waals surface area contributed by atoms with Gasteiger partial charge in [0.05, 0.1) is 7.11 Å². The summed E-state index contributed by atoms with van der Waals surface area (Å²) in [4.78, 5) is 30.3. The lowest BCUT2D eigenvalue weighted by atomic mass is 9.88. The maximum absolute atomic E-state index is 13.3. The Kier molecular flexibility index (Phi) is 6.98. The molecule has 1 aliphatic heterocycles. The number of rotatable bonds is 6. The fourth-order valence-electron chi connectivity index (χ4n) is 4.42. The number of carbonyl (C=O) groups excluding carboxylic acids is 1. The Morgan fingerprint density at radius 2 is 1.87 bits per heavy atom. The standard InChI is InChI=1S/C24H33N3O3/c1-17-10-15-27(18(2)16-25(3)4)24(29)22(17)23(28)26-13-11-19(12-14-26)20-8-6-7-9-21(20)30-5/h6-10,15,18-19H,11-14,16H2,1-5H3. The molecular weight excluding hydrogens is 378 g/mol. The Balaban J connectivity index is 1.77. The number of pyridine rings is 1. The molecular formula is C24H33N3O3. The lowest BCUT2D eigenvalue weighted by molar-refractivity contribution is 0.0709. The maximum atomic E-state index is 13.3. The fraction of sp³-hybridized carbons (Fsp3) is 0.500. The van der Waals surface area contributed by atoms with Crippen molar-refractivity contribution < 1.29 is 9.53 Å². The number of amides is 1. The zero-order valence-corrected chi connectivity index (χ0v) is 18.7. The lowest BCUT2D eigenvalue weighted by Crippen LogP contribution is -2.42. The van der Waals surface area contributed by atoms with E-state index in [2.05, 4.69) is 6.07 Å². The maximum Gasteiger partial charge on any atom is 0.263 e. The van der Waals surface area contributed by atoms with Crippen LogP contribution in [0.2, 0.25) is 0 Å². The number of ether oxygens (including phenoxy) is 1. The molecule has 0 aliphatic carbocycles. The van der Waals surface area contributed by atoms with Crippen LogP contribution < -0.4 is 10.3 Å². The number of methoxy groups -OCH3 is 1. The van der Waals surface area contributed by atoms with Crippen LogP contribution in [0.3, 0.4) is 0 Å². The number of benzene rings is 1. The van der Waals surface area contributed by atoms with E-state index < -0.39 is 0 Å². The second kappa shape index (κ2) is 9.47. The number of carbonyl (C=O) groups is 1.